The van der Waals surface area contributed by atoms with Gasteiger partial charge in [0.25, 0.3) is 0 Å². The standard InChI is InChI=1S/C24H31N3O5/c1-24(23(29)30-2,18-32-21-6-4-3-5-7-21)25-16-22(28)26-20-10-8-19(9-11-20)17-27-12-14-31-15-13-27/h3-11,25H,12-18H2,1-2H3,(H,26,28). The fourth-order valence-corrected chi connectivity index (χ4v) is 3.34. The molecule has 0 aromatic heterocycles. The topological polar surface area (TPSA) is 89.1 Å². The Balaban J connectivity index is 1.50. The molecule has 0 bridgehead atoms. The summed E-state index contributed by atoms with van der Waals surface area (Å²) in [7, 11) is 1.31. The van der Waals surface area contributed by atoms with Gasteiger partial charge in [-0.05, 0) is 36.8 Å². The summed E-state index contributed by atoms with van der Waals surface area (Å²) in [6.07, 6.45) is 0. The highest BCUT2D eigenvalue weighted by Gasteiger charge is 2.35. The molecule has 32 heavy (non-hydrogen) atoms. The van der Waals surface area contributed by atoms with Gasteiger partial charge in [0.15, 0.2) is 0 Å². The molecule has 2 N–H and O–H groups in total. The third-order valence-electron chi connectivity index (χ3n) is 5.29. The van der Waals surface area contributed by atoms with Gasteiger partial charge in [-0.25, -0.2) is 4.79 Å². The number of nitrogens with zero attached hydrogens (tertiary/aromatic N) is 1. The smallest absolute Gasteiger partial charge is 0.329 e. The van der Waals surface area contributed by atoms with Gasteiger partial charge < -0.3 is 19.5 Å². The Morgan fingerprint density at radius 2 is 1.75 bits per heavy atom. The van der Waals surface area contributed by atoms with Crippen molar-refractivity contribution in [3.05, 3.63) is 60.2 Å². The summed E-state index contributed by atoms with van der Waals surface area (Å²) in [5.74, 6) is -0.138. The molecule has 0 spiro atoms. The van der Waals surface area contributed by atoms with Gasteiger partial charge in [0.1, 0.15) is 17.9 Å². The van der Waals surface area contributed by atoms with Crippen LogP contribution in [0.1, 0.15) is 12.5 Å². The number of esters is 1. The van der Waals surface area contributed by atoms with Gasteiger partial charge in [0, 0.05) is 25.3 Å². The second-order valence-electron chi connectivity index (χ2n) is 7.91. The average Bonchev–Trinajstić information content (AvgIpc) is 2.83. The first-order chi connectivity index (χ1) is 15.5. The number of rotatable bonds is 10. The van der Waals surface area contributed by atoms with Gasteiger partial charge in [-0.2, -0.15) is 0 Å². The molecule has 2 aromatic carbocycles. The molecule has 0 aliphatic carbocycles. The highest BCUT2D eigenvalue weighted by atomic mass is 16.5. The van der Waals surface area contributed by atoms with Gasteiger partial charge in [-0.1, -0.05) is 30.3 Å². The molecule has 3 rings (SSSR count). The molecular weight excluding hydrogens is 410 g/mol. The van der Waals surface area contributed by atoms with Gasteiger partial charge in [-0.3, -0.25) is 15.0 Å². The second kappa shape index (κ2) is 11.6. The van der Waals surface area contributed by atoms with Gasteiger partial charge in [0.2, 0.25) is 5.91 Å². The minimum Gasteiger partial charge on any atom is -0.491 e. The molecule has 1 saturated heterocycles. The van der Waals surface area contributed by atoms with E-state index in [2.05, 4.69) is 15.5 Å². The van der Waals surface area contributed by atoms with Crippen LogP contribution in [0.15, 0.2) is 54.6 Å². The lowest BCUT2D eigenvalue weighted by atomic mass is 10.0. The quantitative estimate of drug-likeness (QED) is 0.546. The number of methoxy groups -OCH3 is 1. The predicted octanol–water partition coefficient (Wildman–Crippen LogP) is 2.06. The van der Waals surface area contributed by atoms with Crippen molar-refractivity contribution >= 4 is 17.6 Å². The van der Waals surface area contributed by atoms with Crippen LogP contribution in [-0.4, -0.2) is 68.9 Å². The number of anilines is 1. The molecule has 2 aromatic rings. The lowest BCUT2D eigenvalue weighted by Gasteiger charge is -2.27. The van der Waals surface area contributed by atoms with Crippen molar-refractivity contribution in [1.29, 1.82) is 0 Å². The predicted molar refractivity (Wildman–Crippen MR) is 122 cm³/mol. The summed E-state index contributed by atoms with van der Waals surface area (Å²) in [5.41, 5.74) is 0.700. The number of hydrogen-bond donors (Lipinski definition) is 2. The highest BCUT2D eigenvalue weighted by molar-refractivity contribution is 5.93. The largest absolute Gasteiger partial charge is 0.491 e. The van der Waals surface area contributed by atoms with Gasteiger partial charge in [-0.15, -0.1) is 0 Å². The lowest BCUT2D eigenvalue weighted by molar-refractivity contribution is -0.149. The molecule has 1 heterocycles. The molecule has 1 atom stereocenters. The average molecular weight is 442 g/mol. The first kappa shape index (κ1) is 23.7. The first-order valence-corrected chi connectivity index (χ1v) is 10.7. The Bertz CT molecular complexity index is 869. The van der Waals surface area contributed by atoms with Crippen LogP contribution in [0.3, 0.4) is 0 Å². The zero-order chi connectivity index (χ0) is 22.8. The first-order valence-electron chi connectivity index (χ1n) is 10.7. The zero-order valence-corrected chi connectivity index (χ0v) is 18.6. The number of hydrogen-bond acceptors (Lipinski definition) is 7. The van der Waals surface area contributed by atoms with E-state index in [9.17, 15) is 9.59 Å². The molecule has 8 nitrogen and oxygen atoms in total. The van der Waals surface area contributed by atoms with Crippen LogP contribution in [0.4, 0.5) is 5.69 Å². The number of benzene rings is 2. The summed E-state index contributed by atoms with van der Waals surface area (Å²) in [6.45, 7) is 5.85. The van der Waals surface area contributed by atoms with E-state index in [0.717, 1.165) is 32.8 Å². The van der Waals surface area contributed by atoms with Gasteiger partial charge in [0.05, 0.1) is 26.9 Å². The maximum Gasteiger partial charge on any atom is 0.329 e. The Kier molecular flexibility index (Phi) is 8.61. The number of nitrogens with one attached hydrogen (secondary N) is 2. The van der Waals surface area contributed by atoms with Crippen LogP contribution < -0.4 is 15.4 Å². The number of carbonyl (C=O) groups is 2. The highest BCUT2D eigenvalue weighted by Crippen LogP contribution is 2.15. The van der Waals surface area contributed by atoms with E-state index in [0.29, 0.717) is 11.4 Å². The van der Waals surface area contributed by atoms with Crippen LogP contribution in [-0.2, 0) is 25.6 Å². The van der Waals surface area contributed by atoms with Crippen molar-refractivity contribution in [1.82, 2.24) is 10.2 Å². The Hall–Kier alpha value is -2.94. The molecule has 0 radical (unpaired) electrons. The number of carbonyl (C=O) groups excluding carboxylic acids is 2. The zero-order valence-electron chi connectivity index (χ0n) is 18.6. The summed E-state index contributed by atoms with van der Waals surface area (Å²) in [5, 5.41) is 5.82. The van der Waals surface area contributed by atoms with Crippen molar-refractivity contribution < 1.29 is 23.8 Å². The summed E-state index contributed by atoms with van der Waals surface area (Å²) < 4.78 is 16.0. The fraction of sp³-hybridized carbons (Fsp3) is 0.417. The van der Waals surface area contributed by atoms with Crippen molar-refractivity contribution in [2.75, 3.05) is 51.9 Å². The maximum absolute atomic E-state index is 12.5. The molecule has 1 aliphatic rings. The van der Waals surface area contributed by atoms with Crippen molar-refractivity contribution in [3.8, 4) is 5.75 Å². The molecule has 1 aliphatic heterocycles. The monoisotopic (exact) mass is 441 g/mol. The lowest BCUT2D eigenvalue weighted by Crippen LogP contribution is -2.56. The van der Waals surface area contributed by atoms with Crippen LogP contribution >= 0.6 is 0 Å². The molecule has 1 fully saturated rings. The number of morpholine rings is 1. The van der Waals surface area contributed by atoms with Gasteiger partial charge >= 0.3 is 5.97 Å². The van der Waals surface area contributed by atoms with Crippen molar-refractivity contribution in [2.45, 2.75) is 19.0 Å². The normalized spacial score (nSPS) is 16.1. The van der Waals surface area contributed by atoms with E-state index < -0.39 is 11.5 Å². The third-order valence-corrected chi connectivity index (χ3v) is 5.29. The van der Waals surface area contributed by atoms with Crippen LogP contribution in [0.2, 0.25) is 0 Å². The fourth-order valence-electron chi connectivity index (χ4n) is 3.34. The second-order valence-corrected chi connectivity index (χ2v) is 7.91. The molecular formula is C24H31N3O5. The van der Waals surface area contributed by atoms with E-state index in [4.69, 9.17) is 14.2 Å². The minimum atomic E-state index is -1.18. The van der Waals surface area contributed by atoms with E-state index in [1.807, 2.05) is 42.5 Å². The Morgan fingerprint density at radius 3 is 2.41 bits per heavy atom. The molecule has 1 unspecified atom stereocenters. The minimum absolute atomic E-state index is 0.0210. The Morgan fingerprint density at radius 1 is 1.06 bits per heavy atom. The van der Waals surface area contributed by atoms with E-state index in [-0.39, 0.29) is 19.1 Å². The van der Waals surface area contributed by atoms with Crippen molar-refractivity contribution in [2.24, 2.45) is 0 Å². The summed E-state index contributed by atoms with van der Waals surface area (Å²) in [4.78, 5) is 27.1. The maximum atomic E-state index is 12.5. The molecule has 8 heteroatoms. The van der Waals surface area contributed by atoms with E-state index >= 15 is 0 Å². The van der Waals surface area contributed by atoms with E-state index in [1.54, 1.807) is 19.1 Å². The summed E-state index contributed by atoms with van der Waals surface area (Å²) in [6, 6.07) is 16.9. The molecule has 0 saturated carbocycles. The number of amides is 1. The van der Waals surface area contributed by atoms with Crippen molar-refractivity contribution in [3.63, 3.8) is 0 Å². The Labute approximate surface area is 188 Å². The van der Waals surface area contributed by atoms with Crippen LogP contribution in [0, 0.1) is 0 Å². The summed E-state index contributed by atoms with van der Waals surface area (Å²) >= 11 is 0. The van der Waals surface area contributed by atoms with Crippen LogP contribution in [0.5, 0.6) is 5.75 Å². The molecule has 172 valence electrons. The van der Waals surface area contributed by atoms with Crippen LogP contribution in [0.25, 0.3) is 0 Å². The van der Waals surface area contributed by atoms with E-state index in [1.165, 1.54) is 12.7 Å². The molecule has 1 amide bonds. The number of ether oxygens (including phenoxy) is 3. The third kappa shape index (κ3) is 7.05. The SMILES string of the molecule is COC(=O)C(C)(COc1ccccc1)NCC(=O)Nc1ccc(CN2CCOCC2)cc1. The number of para-hydroxylation sites is 1.